The molecule has 0 bridgehead atoms. The molecule has 2 heteroatoms. The number of ether oxygens (including phenoxy) is 1. The van der Waals surface area contributed by atoms with Crippen LogP contribution in [0, 0.1) is 6.92 Å². The van der Waals surface area contributed by atoms with Crippen molar-refractivity contribution in [2.24, 2.45) is 0 Å². The van der Waals surface area contributed by atoms with E-state index in [2.05, 4.69) is 54.7 Å². The molecular weight excluding hydrogens is 222 g/mol. The lowest BCUT2D eigenvalue weighted by molar-refractivity contribution is 0.206. The molecule has 0 fully saturated rings. The van der Waals surface area contributed by atoms with Gasteiger partial charge in [-0.05, 0) is 30.2 Å². The molecule has 0 spiro atoms. The van der Waals surface area contributed by atoms with Gasteiger partial charge >= 0.3 is 0 Å². The van der Waals surface area contributed by atoms with Gasteiger partial charge < -0.3 is 10.1 Å². The molecule has 1 aliphatic rings. The van der Waals surface area contributed by atoms with Crippen LogP contribution in [0.25, 0.3) is 0 Å². The Bertz CT molecular complexity index is 536. The SMILES string of the molecule is Cc1ccc2c(c1)NCC(Cc1ccccc1)O2. The van der Waals surface area contributed by atoms with Gasteiger partial charge in [0.2, 0.25) is 0 Å². The van der Waals surface area contributed by atoms with E-state index in [9.17, 15) is 0 Å². The highest BCUT2D eigenvalue weighted by Crippen LogP contribution is 2.30. The Labute approximate surface area is 108 Å². The first-order valence-electron chi connectivity index (χ1n) is 6.36. The molecule has 1 N–H and O–H groups in total. The Kier molecular flexibility index (Phi) is 2.93. The van der Waals surface area contributed by atoms with Crippen molar-refractivity contribution in [3.05, 3.63) is 59.7 Å². The van der Waals surface area contributed by atoms with Crippen LogP contribution in [-0.2, 0) is 6.42 Å². The van der Waals surface area contributed by atoms with Gasteiger partial charge in [0, 0.05) is 6.42 Å². The molecule has 0 saturated carbocycles. The van der Waals surface area contributed by atoms with Crippen molar-refractivity contribution in [2.75, 3.05) is 11.9 Å². The molecule has 0 amide bonds. The smallest absolute Gasteiger partial charge is 0.142 e. The molecule has 2 aromatic carbocycles. The van der Waals surface area contributed by atoms with Crippen LogP contribution in [0.3, 0.4) is 0 Å². The zero-order valence-corrected chi connectivity index (χ0v) is 10.5. The molecule has 3 rings (SSSR count). The highest BCUT2D eigenvalue weighted by atomic mass is 16.5. The fraction of sp³-hybridized carbons (Fsp3) is 0.250. The van der Waals surface area contributed by atoms with Gasteiger partial charge in [-0.25, -0.2) is 0 Å². The lowest BCUT2D eigenvalue weighted by Gasteiger charge is -2.27. The monoisotopic (exact) mass is 239 g/mol. The third-order valence-electron chi connectivity index (χ3n) is 3.26. The summed E-state index contributed by atoms with van der Waals surface area (Å²) in [5.41, 5.74) is 3.69. The number of aryl methyl sites for hydroxylation is 1. The van der Waals surface area contributed by atoms with Crippen molar-refractivity contribution in [3.8, 4) is 5.75 Å². The highest BCUT2D eigenvalue weighted by molar-refractivity contribution is 5.59. The first-order chi connectivity index (χ1) is 8.81. The van der Waals surface area contributed by atoms with E-state index in [1.54, 1.807) is 0 Å². The number of hydrogen-bond acceptors (Lipinski definition) is 2. The average molecular weight is 239 g/mol. The van der Waals surface area contributed by atoms with Crippen LogP contribution in [0.15, 0.2) is 48.5 Å². The normalized spacial score (nSPS) is 17.5. The third kappa shape index (κ3) is 2.33. The van der Waals surface area contributed by atoms with Crippen molar-refractivity contribution >= 4 is 5.69 Å². The van der Waals surface area contributed by atoms with Crippen molar-refractivity contribution < 1.29 is 4.74 Å². The van der Waals surface area contributed by atoms with Crippen molar-refractivity contribution in [3.63, 3.8) is 0 Å². The van der Waals surface area contributed by atoms with Crippen LogP contribution in [-0.4, -0.2) is 12.6 Å². The summed E-state index contributed by atoms with van der Waals surface area (Å²) in [6.45, 7) is 2.96. The maximum Gasteiger partial charge on any atom is 0.142 e. The van der Waals surface area contributed by atoms with Crippen molar-refractivity contribution in [1.82, 2.24) is 0 Å². The molecular formula is C16H17NO. The van der Waals surface area contributed by atoms with Crippen molar-refractivity contribution in [2.45, 2.75) is 19.4 Å². The van der Waals surface area contributed by atoms with Gasteiger partial charge in [-0.1, -0.05) is 36.4 Å². The van der Waals surface area contributed by atoms with Gasteiger partial charge in [0.15, 0.2) is 0 Å². The topological polar surface area (TPSA) is 21.3 Å². The molecule has 92 valence electrons. The summed E-state index contributed by atoms with van der Waals surface area (Å²) in [5, 5.41) is 3.45. The first kappa shape index (κ1) is 11.1. The van der Waals surface area contributed by atoms with Crippen LogP contribution in [0.1, 0.15) is 11.1 Å². The molecule has 0 radical (unpaired) electrons. The molecule has 0 aliphatic carbocycles. The zero-order chi connectivity index (χ0) is 12.4. The lowest BCUT2D eigenvalue weighted by atomic mass is 10.1. The van der Waals surface area contributed by atoms with Gasteiger partial charge in [0.1, 0.15) is 11.9 Å². The van der Waals surface area contributed by atoms with E-state index >= 15 is 0 Å². The van der Waals surface area contributed by atoms with Crippen LogP contribution in [0.5, 0.6) is 5.75 Å². The minimum atomic E-state index is 0.211. The van der Waals surface area contributed by atoms with Crippen LogP contribution in [0.2, 0.25) is 0 Å². The number of hydrogen-bond donors (Lipinski definition) is 1. The second-order valence-corrected chi connectivity index (χ2v) is 4.81. The number of fused-ring (bicyclic) bond motifs is 1. The van der Waals surface area contributed by atoms with Crippen molar-refractivity contribution in [1.29, 1.82) is 0 Å². The van der Waals surface area contributed by atoms with Crippen LogP contribution < -0.4 is 10.1 Å². The summed E-state index contributed by atoms with van der Waals surface area (Å²) < 4.78 is 6.03. The maximum atomic E-state index is 6.03. The van der Waals surface area contributed by atoms with E-state index in [1.807, 2.05) is 6.07 Å². The largest absolute Gasteiger partial charge is 0.486 e. The zero-order valence-electron chi connectivity index (χ0n) is 10.5. The fourth-order valence-electron chi connectivity index (χ4n) is 2.32. The highest BCUT2D eigenvalue weighted by Gasteiger charge is 2.19. The number of rotatable bonds is 2. The minimum Gasteiger partial charge on any atom is -0.486 e. The third-order valence-corrected chi connectivity index (χ3v) is 3.26. The Balaban J connectivity index is 1.73. The van der Waals surface area contributed by atoms with E-state index in [0.717, 1.165) is 24.4 Å². The molecule has 18 heavy (non-hydrogen) atoms. The standard InChI is InChI=1S/C16H17NO/c1-12-7-8-16-15(9-12)17-11-14(18-16)10-13-5-3-2-4-6-13/h2-9,14,17H,10-11H2,1H3. The quantitative estimate of drug-likeness (QED) is 0.867. The maximum absolute atomic E-state index is 6.03. The lowest BCUT2D eigenvalue weighted by Crippen LogP contribution is -2.32. The predicted molar refractivity (Wildman–Crippen MR) is 74.2 cm³/mol. The summed E-state index contributed by atoms with van der Waals surface area (Å²) >= 11 is 0. The Morgan fingerprint density at radius 2 is 2.00 bits per heavy atom. The van der Waals surface area contributed by atoms with E-state index in [1.165, 1.54) is 11.1 Å². The number of anilines is 1. The minimum absolute atomic E-state index is 0.211. The van der Waals surface area contributed by atoms with E-state index in [4.69, 9.17) is 4.74 Å². The van der Waals surface area contributed by atoms with E-state index < -0.39 is 0 Å². The Morgan fingerprint density at radius 3 is 2.83 bits per heavy atom. The van der Waals surface area contributed by atoms with Gasteiger partial charge in [0.25, 0.3) is 0 Å². The summed E-state index contributed by atoms with van der Waals surface area (Å²) in [6, 6.07) is 16.8. The Hall–Kier alpha value is -1.96. The van der Waals surface area contributed by atoms with Gasteiger partial charge in [-0.3, -0.25) is 0 Å². The molecule has 2 nitrogen and oxygen atoms in total. The Morgan fingerprint density at radius 1 is 1.17 bits per heavy atom. The second-order valence-electron chi connectivity index (χ2n) is 4.81. The van der Waals surface area contributed by atoms with Gasteiger partial charge in [-0.15, -0.1) is 0 Å². The molecule has 1 heterocycles. The molecule has 1 aliphatic heterocycles. The first-order valence-corrected chi connectivity index (χ1v) is 6.36. The summed E-state index contributed by atoms with van der Waals surface area (Å²) in [7, 11) is 0. The average Bonchev–Trinajstić information content (AvgIpc) is 2.40. The van der Waals surface area contributed by atoms with Crippen LogP contribution in [0.4, 0.5) is 5.69 Å². The molecule has 1 atom stereocenters. The van der Waals surface area contributed by atoms with Gasteiger partial charge in [-0.2, -0.15) is 0 Å². The molecule has 1 unspecified atom stereocenters. The fourth-order valence-corrected chi connectivity index (χ4v) is 2.32. The predicted octanol–water partition coefficient (Wildman–Crippen LogP) is 3.41. The second kappa shape index (κ2) is 4.73. The molecule has 2 aromatic rings. The van der Waals surface area contributed by atoms with Crippen LogP contribution >= 0.6 is 0 Å². The van der Waals surface area contributed by atoms with E-state index in [0.29, 0.717) is 0 Å². The van der Waals surface area contributed by atoms with E-state index in [-0.39, 0.29) is 6.10 Å². The van der Waals surface area contributed by atoms with Gasteiger partial charge in [0.05, 0.1) is 12.2 Å². The number of nitrogens with one attached hydrogen (secondary N) is 1. The summed E-state index contributed by atoms with van der Waals surface area (Å²) in [6.07, 6.45) is 1.16. The molecule has 0 aromatic heterocycles. The molecule has 0 saturated heterocycles. The summed E-state index contributed by atoms with van der Waals surface area (Å²) in [4.78, 5) is 0. The number of benzene rings is 2. The summed E-state index contributed by atoms with van der Waals surface area (Å²) in [5.74, 6) is 0.966.